The molecule has 0 spiro atoms. The molecule has 0 radical (unpaired) electrons. The Morgan fingerprint density at radius 3 is 2.23 bits per heavy atom. The van der Waals surface area contributed by atoms with Gasteiger partial charge in [-0.2, -0.15) is 0 Å². The summed E-state index contributed by atoms with van der Waals surface area (Å²) < 4.78 is 64.2. The maximum absolute atomic E-state index is 12.3. The van der Waals surface area contributed by atoms with Gasteiger partial charge in [0.15, 0.2) is 0 Å². The lowest BCUT2D eigenvalue weighted by molar-refractivity contribution is -0.274. The first kappa shape index (κ1) is 16.3. The van der Waals surface area contributed by atoms with Gasteiger partial charge in [-0.05, 0) is 30.3 Å². The second-order valence-corrected chi connectivity index (χ2v) is 7.13. The van der Waals surface area contributed by atoms with E-state index in [1.54, 1.807) is 0 Å². The minimum Gasteiger partial charge on any atom is -0.406 e. The molecular weight excluding hydrogens is 343 g/mol. The second-order valence-electron chi connectivity index (χ2n) is 4.04. The number of ether oxygens (including phenoxy) is 1. The van der Waals surface area contributed by atoms with Crippen LogP contribution in [0.5, 0.6) is 5.75 Å². The van der Waals surface area contributed by atoms with E-state index in [1.165, 1.54) is 5.38 Å². The molecule has 1 amide bonds. The first-order valence-corrected chi connectivity index (χ1v) is 7.95. The van der Waals surface area contributed by atoms with Crippen molar-refractivity contribution in [2.75, 3.05) is 0 Å². The number of primary amides is 1. The third-order valence-electron chi connectivity index (χ3n) is 2.49. The van der Waals surface area contributed by atoms with Crippen molar-refractivity contribution < 1.29 is 31.1 Å². The predicted octanol–water partition coefficient (Wildman–Crippen LogP) is 2.58. The Morgan fingerprint density at radius 2 is 1.77 bits per heavy atom. The highest BCUT2D eigenvalue weighted by atomic mass is 32.2. The van der Waals surface area contributed by atoms with Crippen LogP contribution in [0.2, 0.25) is 0 Å². The highest BCUT2D eigenvalue weighted by Gasteiger charge is 2.31. The Balaban J connectivity index is 2.31. The molecule has 0 aliphatic rings. The van der Waals surface area contributed by atoms with Crippen LogP contribution in [0.1, 0.15) is 10.4 Å². The van der Waals surface area contributed by atoms with E-state index in [0.29, 0.717) is 0 Å². The highest BCUT2D eigenvalue weighted by Crippen LogP contribution is 2.29. The van der Waals surface area contributed by atoms with Crippen molar-refractivity contribution in [3.8, 4) is 5.75 Å². The molecule has 2 N–H and O–H groups in total. The summed E-state index contributed by atoms with van der Waals surface area (Å²) in [7, 11) is -3.94. The van der Waals surface area contributed by atoms with Crippen molar-refractivity contribution >= 4 is 27.1 Å². The Bertz CT molecular complexity index is 795. The summed E-state index contributed by atoms with van der Waals surface area (Å²) in [4.78, 5) is 10.7. The molecule has 5 nitrogen and oxygen atoms in total. The number of benzene rings is 1. The number of alkyl halides is 3. The highest BCUT2D eigenvalue weighted by molar-refractivity contribution is 7.93. The lowest BCUT2D eigenvalue weighted by Gasteiger charge is -2.09. The maximum atomic E-state index is 12.3. The lowest BCUT2D eigenvalue weighted by atomic mass is 10.3. The number of thiophene rings is 1. The molecule has 1 aromatic heterocycles. The lowest BCUT2D eigenvalue weighted by Crippen LogP contribution is -2.17. The van der Waals surface area contributed by atoms with Crippen LogP contribution in [0.4, 0.5) is 13.2 Å². The molecule has 10 heteroatoms. The Hall–Kier alpha value is -2.07. The van der Waals surface area contributed by atoms with E-state index < -0.39 is 27.9 Å². The molecule has 0 saturated heterocycles. The minimum atomic E-state index is -4.86. The normalized spacial score (nSPS) is 12.1. The number of hydrogen-bond acceptors (Lipinski definition) is 5. The van der Waals surface area contributed by atoms with Gasteiger partial charge in [0.2, 0.25) is 15.7 Å². The van der Waals surface area contributed by atoms with Gasteiger partial charge in [0.25, 0.3) is 0 Å². The van der Waals surface area contributed by atoms with E-state index >= 15 is 0 Å². The molecule has 1 aromatic carbocycles. The third kappa shape index (κ3) is 3.57. The van der Waals surface area contributed by atoms with E-state index in [9.17, 15) is 26.4 Å². The number of carbonyl (C=O) groups is 1. The minimum absolute atomic E-state index is 0.0422. The van der Waals surface area contributed by atoms with Gasteiger partial charge in [-0.1, -0.05) is 0 Å². The van der Waals surface area contributed by atoms with Crippen LogP contribution in [0.15, 0.2) is 44.8 Å². The summed E-state index contributed by atoms with van der Waals surface area (Å²) >= 11 is 0.794. The topological polar surface area (TPSA) is 86.5 Å². The summed E-state index contributed by atoms with van der Waals surface area (Å²) in [6.45, 7) is 0. The fourth-order valence-electron chi connectivity index (χ4n) is 1.52. The monoisotopic (exact) mass is 351 g/mol. The average molecular weight is 351 g/mol. The molecule has 0 fully saturated rings. The van der Waals surface area contributed by atoms with Gasteiger partial charge in [-0.3, -0.25) is 4.79 Å². The van der Waals surface area contributed by atoms with Crippen LogP contribution in [-0.2, 0) is 9.84 Å². The van der Waals surface area contributed by atoms with Crippen LogP contribution in [-0.4, -0.2) is 20.7 Å². The van der Waals surface area contributed by atoms with E-state index in [4.69, 9.17) is 5.73 Å². The van der Waals surface area contributed by atoms with E-state index in [-0.39, 0.29) is 14.7 Å². The van der Waals surface area contributed by atoms with Crippen LogP contribution in [0.3, 0.4) is 0 Å². The standard InChI is InChI=1S/C12H8F3NO4S2/c13-12(14,15)20-8-1-3-9(4-2-8)22(18,19)10-5-7(6-21-10)11(16)17/h1-6H,(H2,16,17). The Labute approximate surface area is 127 Å². The van der Waals surface area contributed by atoms with E-state index in [2.05, 4.69) is 4.74 Å². The molecule has 0 aliphatic heterocycles. The predicted molar refractivity (Wildman–Crippen MR) is 71.4 cm³/mol. The molecule has 0 saturated carbocycles. The molecule has 2 aromatic rings. The summed E-state index contributed by atoms with van der Waals surface area (Å²) in [5, 5.41) is 1.29. The number of carbonyl (C=O) groups excluding carboxylic acids is 1. The van der Waals surface area contributed by atoms with E-state index in [0.717, 1.165) is 41.7 Å². The first-order chi connectivity index (χ1) is 10.1. The van der Waals surface area contributed by atoms with Gasteiger partial charge < -0.3 is 10.5 Å². The SMILES string of the molecule is NC(=O)c1csc(S(=O)(=O)c2ccc(OC(F)(F)F)cc2)c1. The molecule has 0 bridgehead atoms. The third-order valence-corrected chi connectivity index (χ3v) is 5.70. The van der Waals surface area contributed by atoms with Crippen molar-refractivity contribution in [3.63, 3.8) is 0 Å². The Kier molecular flexibility index (Phi) is 4.16. The van der Waals surface area contributed by atoms with Crippen molar-refractivity contribution in [2.24, 2.45) is 5.73 Å². The molecular formula is C12H8F3NO4S2. The van der Waals surface area contributed by atoms with Crippen molar-refractivity contribution in [1.29, 1.82) is 0 Å². The number of hydrogen-bond donors (Lipinski definition) is 1. The molecule has 118 valence electrons. The zero-order valence-electron chi connectivity index (χ0n) is 10.6. The van der Waals surface area contributed by atoms with Gasteiger partial charge in [0, 0.05) is 5.38 Å². The van der Waals surface area contributed by atoms with Gasteiger partial charge in [0.1, 0.15) is 9.96 Å². The first-order valence-electron chi connectivity index (χ1n) is 5.59. The zero-order chi connectivity index (χ0) is 16.5. The summed E-state index contributed by atoms with van der Waals surface area (Å²) in [6, 6.07) is 4.87. The number of sulfone groups is 1. The summed E-state index contributed by atoms with van der Waals surface area (Å²) in [5.74, 6) is -1.30. The van der Waals surface area contributed by atoms with Gasteiger partial charge in [0.05, 0.1) is 10.5 Å². The smallest absolute Gasteiger partial charge is 0.406 e. The number of amides is 1. The van der Waals surface area contributed by atoms with Crippen LogP contribution in [0.25, 0.3) is 0 Å². The largest absolute Gasteiger partial charge is 0.573 e. The number of halogens is 3. The second kappa shape index (κ2) is 5.61. The zero-order valence-corrected chi connectivity index (χ0v) is 12.3. The van der Waals surface area contributed by atoms with Gasteiger partial charge in [-0.15, -0.1) is 24.5 Å². The summed E-state index contributed by atoms with van der Waals surface area (Å²) in [6.07, 6.45) is -4.86. The molecule has 1 heterocycles. The number of nitrogens with two attached hydrogens (primary N) is 1. The quantitative estimate of drug-likeness (QED) is 0.917. The van der Waals surface area contributed by atoms with E-state index in [1.807, 2.05) is 0 Å². The fraction of sp³-hybridized carbons (Fsp3) is 0.0833. The molecule has 22 heavy (non-hydrogen) atoms. The molecule has 2 rings (SSSR count). The van der Waals surface area contributed by atoms with Gasteiger partial charge in [-0.25, -0.2) is 8.42 Å². The number of rotatable bonds is 4. The summed E-state index contributed by atoms with van der Waals surface area (Å²) in [5.41, 5.74) is 5.08. The Morgan fingerprint density at radius 1 is 1.18 bits per heavy atom. The van der Waals surface area contributed by atoms with Crippen LogP contribution >= 0.6 is 11.3 Å². The average Bonchev–Trinajstić information content (AvgIpc) is 2.87. The fourth-order valence-corrected chi connectivity index (χ4v) is 4.09. The van der Waals surface area contributed by atoms with Crippen molar-refractivity contribution in [1.82, 2.24) is 0 Å². The van der Waals surface area contributed by atoms with Crippen molar-refractivity contribution in [2.45, 2.75) is 15.5 Å². The maximum Gasteiger partial charge on any atom is 0.573 e. The van der Waals surface area contributed by atoms with Crippen molar-refractivity contribution in [3.05, 3.63) is 41.3 Å². The van der Waals surface area contributed by atoms with Gasteiger partial charge >= 0.3 is 6.36 Å². The molecule has 0 atom stereocenters. The van der Waals surface area contributed by atoms with Crippen LogP contribution < -0.4 is 10.5 Å². The van der Waals surface area contributed by atoms with Crippen LogP contribution in [0, 0.1) is 0 Å². The molecule has 0 aliphatic carbocycles. The molecule has 0 unspecified atom stereocenters.